The molecule has 4 nitrogen and oxygen atoms in total. The van der Waals surface area contributed by atoms with Crippen molar-refractivity contribution in [1.29, 1.82) is 0 Å². The van der Waals surface area contributed by atoms with Crippen LogP contribution in [0.2, 0.25) is 0 Å². The molecule has 1 aliphatic carbocycles. The Morgan fingerprint density at radius 1 is 1.12 bits per heavy atom. The van der Waals surface area contributed by atoms with Crippen LogP contribution >= 0.6 is 0 Å². The summed E-state index contributed by atoms with van der Waals surface area (Å²) in [6.45, 7) is 1.23. The number of hydrogen-bond acceptors (Lipinski definition) is 4. The van der Waals surface area contributed by atoms with Crippen molar-refractivity contribution >= 4 is 11.4 Å². The van der Waals surface area contributed by atoms with Gasteiger partial charge in [0, 0.05) is 36.4 Å². The minimum absolute atomic E-state index is 0.411. The first-order valence-corrected chi connectivity index (χ1v) is 9.68. The number of aliphatic hydroxyl groups is 1. The third-order valence-electron chi connectivity index (χ3n) is 5.81. The van der Waals surface area contributed by atoms with E-state index in [0.717, 1.165) is 11.4 Å². The van der Waals surface area contributed by atoms with Gasteiger partial charge in [-0.15, -0.1) is 0 Å². The monoisotopic (exact) mass is 352 g/mol. The van der Waals surface area contributed by atoms with Crippen LogP contribution in [-0.2, 0) is 0 Å². The SMILES string of the molecule is COc1ccc(NC[C@H](O)CN2c3ccccc3[C@H]3CCCC[C@@H]32)cc1. The molecule has 2 aliphatic rings. The molecule has 2 aromatic rings. The molecule has 3 atom stereocenters. The topological polar surface area (TPSA) is 44.7 Å². The van der Waals surface area contributed by atoms with Gasteiger partial charge in [0.2, 0.25) is 0 Å². The smallest absolute Gasteiger partial charge is 0.119 e. The maximum absolute atomic E-state index is 10.7. The number of β-amino-alcohol motifs (C(OH)–C–C–N with tert-alkyl or cyclic N) is 1. The molecule has 0 unspecified atom stereocenters. The average Bonchev–Trinajstić information content (AvgIpc) is 3.01. The summed E-state index contributed by atoms with van der Waals surface area (Å²) in [5, 5.41) is 14.0. The summed E-state index contributed by atoms with van der Waals surface area (Å²) < 4.78 is 5.18. The van der Waals surface area contributed by atoms with Gasteiger partial charge in [-0.25, -0.2) is 0 Å². The fourth-order valence-corrected chi connectivity index (χ4v) is 4.56. The van der Waals surface area contributed by atoms with E-state index in [-0.39, 0.29) is 0 Å². The van der Waals surface area contributed by atoms with Gasteiger partial charge in [-0.1, -0.05) is 31.0 Å². The van der Waals surface area contributed by atoms with E-state index in [1.165, 1.54) is 36.9 Å². The quantitative estimate of drug-likeness (QED) is 0.824. The first-order valence-electron chi connectivity index (χ1n) is 9.68. The Balaban J connectivity index is 1.40. The first-order chi connectivity index (χ1) is 12.8. The van der Waals surface area contributed by atoms with Gasteiger partial charge in [0.05, 0.1) is 13.2 Å². The lowest BCUT2D eigenvalue weighted by Gasteiger charge is -2.35. The van der Waals surface area contributed by atoms with Crippen LogP contribution < -0.4 is 15.0 Å². The Bertz CT molecular complexity index is 731. The number of aliphatic hydroxyl groups excluding tert-OH is 1. The van der Waals surface area contributed by atoms with Gasteiger partial charge in [-0.3, -0.25) is 0 Å². The number of rotatable bonds is 6. The second kappa shape index (κ2) is 7.58. The van der Waals surface area contributed by atoms with Crippen molar-refractivity contribution in [3.05, 3.63) is 54.1 Å². The van der Waals surface area contributed by atoms with Crippen LogP contribution in [0.3, 0.4) is 0 Å². The molecule has 0 bridgehead atoms. The van der Waals surface area contributed by atoms with Crippen molar-refractivity contribution in [2.24, 2.45) is 0 Å². The Kier molecular flexibility index (Phi) is 5.02. The summed E-state index contributed by atoms with van der Waals surface area (Å²) in [5.41, 5.74) is 3.81. The summed E-state index contributed by atoms with van der Waals surface area (Å²) >= 11 is 0. The van der Waals surface area contributed by atoms with E-state index < -0.39 is 6.10 Å². The molecule has 0 amide bonds. The summed E-state index contributed by atoms with van der Waals surface area (Å²) in [7, 11) is 1.67. The molecule has 1 heterocycles. The van der Waals surface area contributed by atoms with Crippen molar-refractivity contribution in [3.63, 3.8) is 0 Å². The Hall–Kier alpha value is -2.20. The van der Waals surface area contributed by atoms with Crippen molar-refractivity contribution in [2.45, 2.75) is 43.7 Å². The summed E-state index contributed by atoms with van der Waals surface area (Å²) in [6, 6.07) is 17.1. The largest absolute Gasteiger partial charge is 0.497 e. The van der Waals surface area contributed by atoms with Crippen LogP contribution in [0.25, 0.3) is 0 Å². The number of ether oxygens (including phenoxy) is 1. The van der Waals surface area contributed by atoms with Gasteiger partial charge < -0.3 is 20.1 Å². The molecule has 1 fully saturated rings. The van der Waals surface area contributed by atoms with Gasteiger partial charge in [-0.05, 0) is 48.7 Å². The van der Waals surface area contributed by atoms with Gasteiger partial charge in [0.25, 0.3) is 0 Å². The molecule has 2 N–H and O–H groups in total. The number of nitrogens with zero attached hydrogens (tertiary/aromatic N) is 1. The Morgan fingerprint density at radius 2 is 1.88 bits per heavy atom. The summed E-state index contributed by atoms with van der Waals surface area (Å²) in [5.74, 6) is 1.48. The van der Waals surface area contributed by atoms with E-state index >= 15 is 0 Å². The molecule has 26 heavy (non-hydrogen) atoms. The Morgan fingerprint density at radius 3 is 2.69 bits per heavy atom. The molecule has 0 spiro atoms. The average molecular weight is 352 g/mol. The van der Waals surface area contributed by atoms with Crippen LogP contribution in [0.1, 0.15) is 37.2 Å². The van der Waals surface area contributed by atoms with Gasteiger partial charge in [0.15, 0.2) is 0 Å². The fraction of sp³-hybridized carbons (Fsp3) is 0.455. The van der Waals surface area contributed by atoms with Crippen molar-refractivity contribution in [1.82, 2.24) is 0 Å². The van der Waals surface area contributed by atoms with E-state index in [2.05, 4.69) is 34.5 Å². The number of anilines is 2. The number of benzene rings is 2. The number of nitrogens with one attached hydrogen (secondary N) is 1. The molecule has 4 rings (SSSR count). The molecular weight excluding hydrogens is 324 g/mol. The van der Waals surface area contributed by atoms with E-state index in [0.29, 0.717) is 25.0 Å². The van der Waals surface area contributed by atoms with E-state index in [1.54, 1.807) is 7.11 Å². The highest BCUT2D eigenvalue weighted by atomic mass is 16.5. The van der Waals surface area contributed by atoms with Crippen LogP contribution in [-0.4, -0.2) is 37.5 Å². The normalized spacial score (nSPS) is 22.5. The number of para-hydroxylation sites is 1. The maximum atomic E-state index is 10.7. The highest BCUT2D eigenvalue weighted by molar-refractivity contribution is 5.62. The first kappa shape index (κ1) is 17.2. The minimum Gasteiger partial charge on any atom is -0.497 e. The number of hydrogen-bond donors (Lipinski definition) is 2. The molecule has 0 aromatic heterocycles. The zero-order valence-electron chi connectivity index (χ0n) is 15.4. The van der Waals surface area contributed by atoms with E-state index in [9.17, 15) is 5.11 Å². The predicted molar refractivity (Wildman–Crippen MR) is 106 cm³/mol. The lowest BCUT2D eigenvalue weighted by atomic mass is 9.82. The highest BCUT2D eigenvalue weighted by Gasteiger charge is 2.39. The lowest BCUT2D eigenvalue weighted by molar-refractivity contribution is 0.187. The van der Waals surface area contributed by atoms with Gasteiger partial charge in [-0.2, -0.15) is 0 Å². The van der Waals surface area contributed by atoms with E-state index in [4.69, 9.17) is 4.74 Å². The maximum Gasteiger partial charge on any atom is 0.119 e. The van der Waals surface area contributed by atoms with Gasteiger partial charge in [0.1, 0.15) is 5.75 Å². The third-order valence-corrected chi connectivity index (χ3v) is 5.81. The van der Waals surface area contributed by atoms with Gasteiger partial charge >= 0.3 is 0 Å². The molecule has 0 saturated heterocycles. The second-order valence-corrected chi connectivity index (χ2v) is 7.43. The molecule has 1 saturated carbocycles. The molecule has 138 valence electrons. The summed E-state index contributed by atoms with van der Waals surface area (Å²) in [4.78, 5) is 2.46. The Labute approximate surface area is 155 Å². The molecule has 4 heteroatoms. The van der Waals surface area contributed by atoms with Crippen LogP contribution in [0.15, 0.2) is 48.5 Å². The molecule has 0 radical (unpaired) electrons. The lowest BCUT2D eigenvalue weighted by Crippen LogP contribution is -2.42. The zero-order chi connectivity index (χ0) is 17.9. The standard InChI is InChI=1S/C22H28N2O2/c1-26-18-12-10-16(11-13-18)23-14-17(25)15-24-21-8-4-2-6-19(21)20-7-3-5-9-22(20)24/h2,4,6,8,10-13,17,20,22-23,25H,3,5,7,9,14-15H2,1H3/t17-,20+,22-/m0/s1. The van der Waals surface area contributed by atoms with Crippen LogP contribution in [0.4, 0.5) is 11.4 Å². The predicted octanol–water partition coefficient (Wildman–Crippen LogP) is 4.01. The number of fused-ring (bicyclic) bond motifs is 3. The minimum atomic E-state index is -0.411. The highest BCUT2D eigenvalue weighted by Crippen LogP contribution is 2.47. The van der Waals surface area contributed by atoms with Crippen LogP contribution in [0, 0.1) is 0 Å². The molecule has 1 aliphatic heterocycles. The van der Waals surface area contributed by atoms with Crippen LogP contribution in [0.5, 0.6) is 5.75 Å². The van der Waals surface area contributed by atoms with Crippen molar-refractivity contribution in [3.8, 4) is 5.75 Å². The van der Waals surface area contributed by atoms with Crippen molar-refractivity contribution in [2.75, 3.05) is 30.4 Å². The summed E-state index contributed by atoms with van der Waals surface area (Å²) in [6.07, 6.45) is 4.72. The third kappa shape index (κ3) is 3.38. The molecule has 2 aromatic carbocycles. The van der Waals surface area contributed by atoms with E-state index in [1.807, 2.05) is 24.3 Å². The second-order valence-electron chi connectivity index (χ2n) is 7.43. The number of methoxy groups -OCH3 is 1. The zero-order valence-corrected chi connectivity index (χ0v) is 15.4. The van der Waals surface area contributed by atoms with Crippen molar-refractivity contribution < 1.29 is 9.84 Å². The fourth-order valence-electron chi connectivity index (χ4n) is 4.56. The molecular formula is C22H28N2O2.